The van der Waals surface area contributed by atoms with Gasteiger partial charge in [0.2, 0.25) is 11.9 Å². The van der Waals surface area contributed by atoms with Gasteiger partial charge >= 0.3 is 0 Å². The van der Waals surface area contributed by atoms with Crippen molar-refractivity contribution in [2.24, 2.45) is 7.05 Å². The average Bonchev–Trinajstić information content (AvgIpc) is 3.24. The summed E-state index contributed by atoms with van der Waals surface area (Å²) in [6.45, 7) is 5.04. The van der Waals surface area contributed by atoms with Crippen LogP contribution in [0.1, 0.15) is 0 Å². The number of nitrogens with zero attached hydrogens (tertiary/aromatic N) is 6. The van der Waals surface area contributed by atoms with Crippen molar-refractivity contribution in [3.8, 4) is 17.3 Å². The van der Waals surface area contributed by atoms with E-state index in [9.17, 15) is 13.6 Å². The van der Waals surface area contributed by atoms with Gasteiger partial charge in [-0.15, -0.1) is 0 Å². The van der Waals surface area contributed by atoms with E-state index < -0.39 is 11.6 Å². The lowest BCUT2D eigenvalue weighted by Gasteiger charge is -2.26. The lowest BCUT2D eigenvalue weighted by molar-refractivity contribution is -0.111. The lowest BCUT2D eigenvalue weighted by atomic mass is 10.2. The minimum Gasteiger partial charge on any atom is -0.494 e. The van der Waals surface area contributed by atoms with Crippen molar-refractivity contribution < 1.29 is 18.3 Å². The Balaban J connectivity index is 1.72. The Labute approximate surface area is 224 Å². The van der Waals surface area contributed by atoms with Crippen LogP contribution < -0.4 is 20.3 Å². The van der Waals surface area contributed by atoms with Crippen LogP contribution in [0.15, 0.2) is 49.2 Å². The van der Waals surface area contributed by atoms with Crippen LogP contribution in [0.5, 0.6) is 5.75 Å². The second-order valence-corrected chi connectivity index (χ2v) is 9.13. The van der Waals surface area contributed by atoms with Gasteiger partial charge in [0.05, 0.1) is 29.7 Å². The molecule has 0 atom stereocenters. The van der Waals surface area contributed by atoms with Crippen molar-refractivity contribution in [2.75, 3.05) is 56.9 Å². The third kappa shape index (κ3) is 5.96. The normalized spacial score (nSPS) is 11.1. The van der Waals surface area contributed by atoms with E-state index in [1.165, 1.54) is 25.4 Å². The van der Waals surface area contributed by atoms with Crippen LogP contribution >= 0.6 is 0 Å². The Hall–Kier alpha value is -4.58. The molecule has 4 aromatic rings. The quantitative estimate of drug-likeness (QED) is 0.291. The van der Waals surface area contributed by atoms with Crippen LogP contribution in [0.3, 0.4) is 0 Å². The largest absolute Gasteiger partial charge is 0.494 e. The summed E-state index contributed by atoms with van der Waals surface area (Å²) in [5, 5.41) is 5.98. The first kappa shape index (κ1) is 27.5. The molecule has 0 aliphatic carbocycles. The molecule has 0 bridgehead atoms. The predicted molar refractivity (Wildman–Crippen MR) is 149 cm³/mol. The fourth-order valence-corrected chi connectivity index (χ4v) is 4.01. The number of amides is 1. The van der Waals surface area contributed by atoms with Crippen molar-refractivity contribution in [2.45, 2.75) is 0 Å². The molecule has 0 aliphatic rings. The predicted octanol–water partition coefficient (Wildman–Crippen LogP) is 4.18. The fraction of sp³-hybridized carbons (Fsp3) is 0.259. The molecule has 4 rings (SSSR count). The number of methoxy groups -OCH3 is 1. The molecule has 10 nitrogen and oxygen atoms in total. The van der Waals surface area contributed by atoms with Gasteiger partial charge in [-0.05, 0) is 38.4 Å². The summed E-state index contributed by atoms with van der Waals surface area (Å²) >= 11 is 0. The van der Waals surface area contributed by atoms with Crippen LogP contribution in [-0.2, 0) is 11.8 Å². The third-order valence-corrected chi connectivity index (χ3v) is 6.09. The molecular weight excluding hydrogens is 506 g/mol. The van der Waals surface area contributed by atoms with Gasteiger partial charge in [-0.3, -0.25) is 4.79 Å². The highest BCUT2D eigenvalue weighted by Gasteiger charge is 2.19. The molecule has 0 spiro atoms. The van der Waals surface area contributed by atoms with Crippen LogP contribution in [0, 0.1) is 11.6 Å². The number of rotatable bonds is 10. The molecule has 39 heavy (non-hydrogen) atoms. The zero-order chi connectivity index (χ0) is 28.3. The van der Waals surface area contributed by atoms with Gasteiger partial charge in [0, 0.05) is 45.5 Å². The molecule has 2 N–H and O–H groups in total. The first-order valence-electron chi connectivity index (χ1n) is 12.0. The number of hydrogen-bond donors (Lipinski definition) is 2. The molecule has 204 valence electrons. The van der Waals surface area contributed by atoms with Gasteiger partial charge in [-0.25, -0.2) is 23.7 Å². The maximum Gasteiger partial charge on any atom is 0.247 e. The summed E-state index contributed by atoms with van der Waals surface area (Å²) in [6.07, 6.45) is 2.72. The smallest absolute Gasteiger partial charge is 0.247 e. The van der Waals surface area contributed by atoms with Gasteiger partial charge in [0.25, 0.3) is 0 Å². The van der Waals surface area contributed by atoms with E-state index >= 15 is 0 Å². The molecule has 2 heterocycles. The molecule has 0 saturated carbocycles. The minimum absolute atomic E-state index is 0.0419. The Bertz CT molecular complexity index is 1540. The number of anilines is 4. The van der Waals surface area contributed by atoms with Gasteiger partial charge in [-0.1, -0.05) is 6.58 Å². The van der Waals surface area contributed by atoms with Gasteiger partial charge in [0.15, 0.2) is 11.6 Å². The molecule has 2 aromatic carbocycles. The summed E-state index contributed by atoms with van der Waals surface area (Å²) < 4.78 is 35.3. The standard InChI is InChI=1S/C27H30F2N8O2/c1-7-24(38)31-19-14-20(23(39-6)15-21(19)36(4)11-10-35(2)3)33-27-30-9-8-18(32-27)26-34-25-17(29)12-16(28)13-22(25)37(26)5/h7-9,12-15H,1,10-11H2,2-6H3,(H,31,38)(H,30,32,33). The summed E-state index contributed by atoms with van der Waals surface area (Å²) in [6, 6.07) is 7.17. The van der Waals surface area contributed by atoms with Crippen molar-refractivity contribution >= 4 is 40.0 Å². The van der Waals surface area contributed by atoms with E-state index in [2.05, 4.69) is 37.1 Å². The van der Waals surface area contributed by atoms with Crippen molar-refractivity contribution in [3.05, 3.63) is 60.8 Å². The third-order valence-electron chi connectivity index (χ3n) is 6.09. The number of carbonyl (C=O) groups is 1. The van der Waals surface area contributed by atoms with E-state index in [-0.39, 0.29) is 17.4 Å². The van der Waals surface area contributed by atoms with Crippen LogP contribution in [0.25, 0.3) is 22.6 Å². The molecule has 2 aromatic heterocycles. The van der Waals surface area contributed by atoms with Crippen LogP contribution in [0.4, 0.5) is 31.8 Å². The number of hydrogen-bond acceptors (Lipinski definition) is 8. The maximum atomic E-state index is 14.3. The van der Waals surface area contributed by atoms with Crippen LogP contribution in [-0.4, -0.2) is 71.7 Å². The molecule has 0 aliphatic heterocycles. The van der Waals surface area contributed by atoms with Crippen molar-refractivity contribution in [1.82, 2.24) is 24.4 Å². The number of fused-ring (bicyclic) bond motifs is 1. The van der Waals surface area contributed by atoms with E-state index in [1.807, 2.05) is 32.1 Å². The highest BCUT2D eigenvalue weighted by atomic mass is 19.1. The first-order chi connectivity index (χ1) is 18.6. The van der Waals surface area contributed by atoms with Gasteiger partial charge < -0.3 is 29.7 Å². The molecule has 0 radical (unpaired) electrons. The molecule has 1 amide bonds. The Kier molecular flexibility index (Phi) is 8.05. The van der Waals surface area contributed by atoms with Gasteiger partial charge in [0.1, 0.15) is 22.8 Å². The van der Waals surface area contributed by atoms with E-state index in [0.717, 1.165) is 18.3 Å². The summed E-state index contributed by atoms with van der Waals surface area (Å²) in [5.74, 6) is -0.775. The summed E-state index contributed by atoms with van der Waals surface area (Å²) in [4.78, 5) is 29.4. The number of aryl methyl sites for hydroxylation is 1. The molecule has 0 unspecified atom stereocenters. The number of benzene rings is 2. The Morgan fingerprint density at radius 2 is 1.90 bits per heavy atom. The number of likely N-dealkylation sites (N-methyl/N-ethyl adjacent to an activating group) is 2. The number of imidazole rings is 1. The highest BCUT2D eigenvalue weighted by Crippen LogP contribution is 2.38. The molecule has 0 saturated heterocycles. The second kappa shape index (κ2) is 11.4. The minimum atomic E-state index is -0.756. The van der Waals surface area contributed by atoms with E-state index in [1.54, 1.807) is 23.7 Å². The number of halogens is 2. The molecule has 12 heteroatoms. The monoisotopic (exact) mass is 536 g/mol. The van der Waals surface area contributed by atoms with E-state index in [0.29, 0.717) is 40.7 Å². The number of carbonyl (C=O) groups excluding carboxylic acids is 1. The SMILES string of the molecule is C=CC(=O)Nc1cc(Nc2nccc(-c3nc4c(F)cc(F)cc4n3C)n2)c(OC)cc1N(C)CCN(C)C. The number of nitrogens with one attached hydrogen (secondary N) is 2. The Morgan fingerprint density at radius 3 is 2.59 bits per heavy atom. The zero-order valence-corrected chi connectivity index (χ0v) is 22.4. The van der Waals surface area contributed by atoms with E-state index in [4.69, 9.17) is 4.74 Å². The van der Waals surface area contributed by atoms with Crippen LogP contribution in [0.2, 0.25) is 0 Å². The zero-order valence-electron chi connectivity index (χ0n) is 22.4. The topological polar surface area (TPSA) is 100 Å². The lowest BCUT2D eigenvalue weighted by Crippen LogP contribution is -2.29. The number of ether oxygens (including phenoxy) is 1. The summed E-state index contributed by atoms with van der Waals surface area (Å²) in [7, 11) is 9.09. The first-order valence-corrected chi connectivity index (χ1v) is 12.0. The summed E-state index contributed by atoms with van der Waals surface area (Å²) in [5.41, 5.74) is 2.52. The second-order valence-electron chi connectivity index (χ2n) is 9.13. The fourth-order valence-electron chi connectivity index (χ4n) is 4.01. The maximum absolute atomic E-state index is 14.3. The average molecular weight is 537 g/mol. The van der Waals surface area contributed by atoms with Crippen molar-refractivity contribution in [3.63, 3.8) is 0 Å². The number of aromatic nitrogens is 4. The highest BCUT2D eigenvalue weighted by molar-refractivity contribution is 6.02. The molecular formula is C27H30F2N8O2. The van der Waals surface area contributed by atoms with Gasteiger partial charge in [-0.2, -0.15) is 0 Å². The Morgan fingerprint density at radius 1 is 1.13 bits per heavy atom. The van der Waals surface area contributed by atoms with Crippen molar-refractivity contribution in [1.29, 1.82) is 0 Å². The molecule has 0 fully saturated rings.